The Hall–Kier alpha value is 0.200. The second kappa shape index (κ2) is 4.62. The number of hydrogen-bond acceptors (Lipinski definition) is 2. The summed E-state index contributed by atoms with van der Waals surface area (Å²) in [5.74, 6) is 0.498. The van der Waals surface area contributed by atoms with Crippen molar-refractivity contribution in [1.29, 1.82) is 0 Å². The summed E-state index contributed by atoms with van der Waals surface area (Å²) in [5, 5.41) is -0.343. The maximum absolute atomic E-state index is 11.1. The summed E-state index contributed by atoms with van der Waals surface area (Å²) in [6.45, 7) is 1.92. The summed E-state index contributed by atoms with van der Waals surface area (Å²) in [7, 11) is -3.24. The molecule has 1 rings (SSSR count). The van der Waals surface area contributed by atoms with Gasteiger partial charge in [0, 0.05) is 6.04 Å². The summed E-state index contributed by atoms with van der Waals surface area (Å²) < 4.78 is 24.8. The summed E-state index contributed by atoms with van der Waals surface area (Å²) in [6.07, 6.45) is 4.70. The van der Waals surface area contributed by atoms with Crippen LogP contribution in [0.3, 0.4) is 0 Å². The highest BCUT2D eigenvalue weighted by molar-refractivity contribution is 7.90. The predicted octanol–water partition coefficient (Wildman–Crippen LogP) is 1.68. The normalized spacial score (nSPS) is 22.0. The number of rotatable bonds is 4. The average molecular weight is 226 g/mol. The SMILES string of the molecule is CC(NS(=O)(=O)CCl)C1CCCC1. The van der Waals surface area contributed by atoms with Gasteiger partial charge in [0.2, 0.25) is 10.0 Å². The number of halogens is 1. The highest BCUT2D eigenvalue weighted by Gasteiger charge is 2.24. The molecule has 1 unspecified atom stereocenters. The molecular weight excluding hydrogens is 210 g/mol. The Morgan fingerprint density at radius 1 is 1.46 bits per heavy atom. The number of hydrogen-bond donors (Lipinski definition) is 1. The van der Waals surface area contributed by atoms with E-state index in [2.05, 4.69) is 4.72 Å². The fourth-order valence-electron chi connectivity index (χ4n) is 1.87. The Labute approximate surface area is 84.9 Å². The lowest BCUT2D eigenvalue weighted by Gasteiger charge is -2.19. The van der Waals surface area contributed by atoms with Crippen LogP contribution in [0.1, 0.15) is 32.6 Å². The van der Waals surface area contributed by atoms with Gasteiger partial charge < -0.3 is 0 Å². The van der Waals surface area contributed by atoms with Crippen LogP contribution in [0.25, 0.3) is 0 Å². The minimum Gasteiger partial charge on any atom is -0.211 e. The van der Waals surface area contributed by atoms with Crippen LogP contribution in [-0.2, 0) is 10.0 Å². The van der Waals surface area contributed by atoms with Crippen molar-refractivity contribution >= 4 is 21.6 Å². The molecule has 0 bridgehead atoms. The minimum atomic E-state index is -3.24. The topological polar surface area (TPSA) is 46.2 Å². The van der Waals surface area contributed by atoms with Gasteiger partial charge in [0.05, 0.1) is 0 Å². The van der Waals surface area contributed by atoms with E-state index in [-0.39, 0.29) is 11.3 Å². The standard InChI is InChI=1S/C8H16ClNO2S/c1-7(8-4-2-3-5-8)10-13(11,12)6-9/h7-8,10H,2-6H2,1H3. The molecule has 0 spiro atoms. The molecule has 1 atom stereocenters. The van der Waals surface area contributed by atoms with Crippen LogP contribution in [0.5, 0.6) is 0 Å². The van der Waals surface area contributed by atoms with E-state index in [0.29, 0.717) is 5.92 Å². The molecule has 3 nitrogen and oxygen atoms in total. The van der Waals surface area contributed by atoms with Crippen molar-refractivity contribution in [2.24, 2.45) is 5.92 Å². The van der Waals surface area contributed by atoms with E-state index in [1.54, 1.807) is 0 Å². The van der Waals surface area contributed by atoms with Crippen LogP contribution in [-0.4, -0.2) is 19.7 Å². The molecule has 0 saturated heterocycles. The van der Waals surface area contributed by atoms with Crippen molar-refractivity contribution in [1.82, 2.24) is 4.72 Å². The van der Waals surface area contributed by atoms with E-state index in [9.17, 15) is 8.42 Å². The molecule has 5 heteroatoms. The Morgan fingerprint density at radius 2 is 2.00 bits per heavy atom. The molecule has 13 heavy (non-hydrogen) atoms. The molecule has 0 aromatic rings. The summed E-state index contributed by atoms with van der Waals surface area (Å²) in [5.41, 5.74) is 0. The van der Waals surface area contributed by atoms with E-state index < -0.39 is 10.0 Å². The maximum Gasteiger partial charge on any atom is 0.225 e. The second-order valence-electron chi connectivity index (χ2n) is 3.67. The smallest absolute Gasteiger partial charge is 0.211 e. The molecule has 0 aromatic carbocycles. The van der Waals surface area contributed by atoms with Gasteiger partial charge in [-0.25, -0.2) is 13.1 Å². The van der Waals surface area contributed by atoms with Crippen molar-refractivity contribution in [3.8, 4) is 0 Å². The van der Waals surface area contributed by atoms with Crippen molar-refractivity contribution in [2.75, 3.05) is 5.21 Å². The average Bonchev–Trinajstić information content (AvgIpc) is 2.55. The van der Waals surface area contributed by atoms with Gasteiger partial charge in [-0.05, 0) is 25.7 Å². The quantitative estimate of drug-likeness (QED) is 0.740. The van der Waals surface area contributed by atoms with Crippen LogP contribution in [0.15, 0.2) is 0 Å². The molecule has 78 valence electrons. The van der Waals surface area contributed by atoms with E-state index in [1.807, 2.05) is 6.92 Å². The molecule has 0 heterocycles. The monoisotopic (exact) mass is 225 g/mol. The Bertz CT molecular complexity index is 247. The molecule has 0 aliphatic heterocycles. The molecule has 1 N–H and O–H groups in total. The zero-order chi connectivity index (χ0) is 9.90. The first-order chi connectivity index (χ1) is 6.05. The van der Waals surface area contributed by atoms with Gasteiger partial charge in [-0.3, -0.25) is 0 Å². The lowest BCUT2D eigenvalue weighted by molar-refractivity contribution is 0.425. The first-order valence-electron chi connectivity index (χ1n) is 4.61. The van der Waals surface area contributed by atoms with Crippen LogP contribution < -0.4 is 4.72 Å². The van der Waals surface area contributed by atoms with Gasteiger partial charge in [-0.15, -0.1) is 11.6 Å². The van der Waals surface area contributed by atoms with Crippen LogP contribution in [0.2, 0.25) is 0 Å². The maximum atomic E-state index is 11.1. The van der Waals surface area contributed by atoms with E-state index in [1.165, 1.54) is 12.8 Å². The lowest BCUT2D eigenvalue weighted by atomic mass is 10.0. The summed E-state index contributed by atoms with van der Waals surface area (Å²) in [6, 6.07) is 0.0336. The van der Waals surface area contributed by atoms with Crippen molar-refractivity contribution in [2.45, 2.75) is 38.6 Å². The Kier molecular flexibility index (Phi) is 4.01. The Morgan fingerprint density at radius 3 is 2.46 bits per heavy atom. The second-order valence-corrected chi connectivity index (χ2v) is 6.01. The predicted molar refractivity (Wildman–Crippen MR) is 54.2 cm³/mol. The third-order valence-electron chi connectivity index (χ3n) is 2.62. The largest absolute Gasteiger partial charge is 0.225 e. The first kappa shape index (κ1) is 11.3. The van der Waals surface area contributed by atoms with Crippen LogP contribution >= 0.6 is 11.6 Å². The molecule has 0 radical (unpaired) electrons. The third kappa shape index (κ3) is 3.44. The van der Waals surface area contributed by atoms with Crippen molar-refractivity contribution < 1.29 is 8.42 Å². The summed E-state index contributed by atoms with van der Waals surface area (Å²) in [4.78, 5) is 0. The molecular formula is C8H16ClNO2S. The van der Waals surface area contributed by atoms with Gasteiger partial charge in [-0.2, -0.15) is 0 Å². The van der Waals surface area contributed by atoms with Gasteiger partial charge in [-0.1, -0.05) is 12.8 Å². The molecule has 1 aliphatic carbocycles. The zero-order valence-electron chi connectivity index (χ0n) is 7.79. The van der Waals surface area contributed by atoms with Crippen molar-refractivity contribution in [3.63, 3.8) is 0 Å². The molecule has 0 aromatic heterocycles. The molecule has 1 aliphatic rings. The van der Waals surface area contributed by atoms with Crippen LogP contribution in [0, 0.1) is 5.92 Å². The lowest BCUT2D eigenvalue weighted by Crippen LogP contribution is -2.37. The molecule has 1 saturated carbocycles. The first-order valence-corrected chi connectivity index (χ1v) is 6.80. The highest BCUT2D eigenvalue weighted by Crippen LogP contribution is 2.27. The number of sulfonamides is 1. The van der Waals surface area contributed by atoms with Gasteiger partial charge in [0.15, 0.2) is 0 Å². The molecule has 1 fully saturated rings. The third-order valence-corrected chi connectivity index (χ3v) is 4.50. The van der Waals surface area contributed by atoms with E-state index >= 15 is 0 Å². The highest BCUT2D eigenvalue weighted by atomic mass is 35.5. The van der Waals surface area contributed by atoms with Crippen LogP contribution in [0.4, 0.5) is 0 Å². The van der Waals surface area contributed by atoms with Crippen molar-refractivity contribution in [3.05, 3.63) is 0 Å². The van der Waals surface area contributed by atoms with Gasteiger partial charge in [0.1, 0.15) is 5.21 Å². The Balaban J connectivity index is 2.44. The fraction of sp³-hybridized carbons (Fsp3) is 1.00. The number of alkyl halides is 1. The summed E-state index contributed by atoms with van der Waals surface area (Å²) >= 11 is 5.29. The van der Waals surface area contributed by atoms with Gasteiger partial charge >= 0.3 is 0 Å². The van der Waals surface area contributed by atoms with E-state index in [4.69, 9.17) is 11.6 Å². The van der Waals surface area contributed by atoms with Gasteiger partial charge in [0.25, 0.3) is 0 Å². The molecule has 0 amide bonds. The number of nitrogens with one attached hydrogen (secondary N) is 1. The fourth-order valence-corrected chi connectivity index (χ4v) is 2.88. The minimum absolute atomic E-state index is 0.0336. The zero-order valence-corrected chi connectivity index (χ0v) is 9.37. The van der Waals surface area contributed by atoms with E-state index in [0.717, 1.165) is 12.8 Å².